The van der Waals surface area contributed by atoms with Gasteiger partial charge in [0.15, 0.2) is 15.8 Å². The summed E-state index contributed by atoms with van der Waals surface area (Å²) in [5, 5.41) is 6.56. The third-order valence-electron chi connectivity index (χ3n) is 4.38. The fraction of sp³-hybridized carbons (Fsp3) is 0.632. The van der Waals surface area contributed by atoms with E-state index in [1.54, 1.807) is 19.2 Å². The van der Waals surface area contributed by atoms with Gasteiger partial charge in [-0.05, 0) is 23.6 Å². The van der Waals surface area contributed by atoms with Crippen molar-refractivity contribution < 1.29 is 13.2 Å². The van der Waals surface area contributed by atoms with Crippen molar-refractivity contribution in [2.24, 2.45) is 10.9 Å². The number of ether oxygens (including phenoxy) is 1. The lowest BCUT2D eigenvalue weighted by atomic mass is 10.2. The summed E-state index contributed by atoms with van der Waals surface area (Å²) in [7, 11) is -1.43. The quantitative estimate of drug-likeness (QED) is 0.321. The van der Waals surface area contributed by atoms with Crippen LogP contribution in [0.15, 0.2) is 34.2 Å². The number of sulfone groups is 1. The smallest absolute Gasteiger partial charge is 0.191 e. The maximum Gasteiger partial charge on any atom is 0.191 e. The minimum absolute atomic E-state index is 0. The van der Waals surface area contributed by atoms with Crippen molar-refractivity contribution in [1.29, 1.82) is 0 Å². The van der Waals surface area contributed by atoms with Crippen LogP contribution in [-0.4, -0.2) is 71.5 Å². The molecule has 1 unspecified atom stereocenters. The third-order valence-corrected chi connectivity index (χ3v) is 5.51. The molecule has 1 aliphatic heterocycles. The van der Waals surface area contributed by atoms with Crippen LogP contribution in [0, 0.1) is 5.92 Å². The highest BCUT2D eigenvalue weighted by Gasteiger charge is 2.21. The normalized spacial score (nSPS) is 18.6. The Morgan fingerprint density at radius 3 is 2.54 bits per heavy atom. The molecule has 0 aliphatic carbocycles. The first-order chi connectivity index (χ1) is 12.8. The summed E-state index contributed by atoms with van der Waals surface area (Å²) in [6, 6.07) is 6.87. The topological polar surface area (TPSA) is 83.0 Å². The summed E-state index contributed by atoms with van der Waals surface area (Å²) in [4.78, 5) is 7.01. The van der Waals surface area contributed by atoms with E-state index < -0.39 is 9.84 Å². The van der Waals surface area contributed by atoms with Crippen molar-refractivity contribution in [2.45, 2.75) is 31.4 Å². The first kappa shape index (κ1) is 25.1. The van der Waals surface area contributed by atoms with E-state index in [4.69, 9.17) is 4.74 Å². The Labute approximate surface area is 186 Å². The van der Waals surface area contributed by atoms with Crippen LogP contribution in [0.4, 0.5) is 0 Å². The Hall–Kier alpha value is -0.910. The number of nitrogens with zero attached hydrogens (tertiary/aromatic N) is 2. The third kappa shape index (κ3) is 8.62. The molecular weight excluding hydrogens is 491 g/mol. The van der Waals surface area contributed by atoms with E-state index in [0.29, 0.717) is 29.9 Å². The molecule has 1 aliphatic rings. The zero-order valence-corrected chi connectivity index (χ0v) is 20.3. The summed E-state index contributed by atoms with van der Waals surface area (Å²) < 4.78 is 28.9. The standard InChI is InChI=1S/C19H32N4O3S.HI/c1-15(2)13-23-9-10-26-17(14-23)12-22-19(20-3)21-11-16-5-7-18(8-6-16)27(4,24)25;/h5-8,15,17H,9-14H2,1-4H3,(H2,20,21,22);1H. The van der Waals surface area contributed by atoms with Gasteiger partial charge in [-0.1, -0.05) is 26.0 Å². The van der Waals surface area contributed by atoms with Gasteiger partial charge >= 0.3 is 0 Å². The zero-order valence-electron chi connectivity index (χ0n) is 17.1. The van der Waals surface area contributed by atoms with Crippen molar-refractivity contribution in [1.82, 2.24) is 15.5 Å². The van der Waals surface area contributed by atoms with Crippen LogP contribution in [0.3, 0.4) is 0 Å². The summed E-state index contributed by atoms with van der Waals surface area (Å²) >= 11 is 0. The van der Waals surface area contributed by atoms with Crippen LogP contribution in [0.25, 0.3) is 0 Å². The van der Waals surface area contributed by atoms with Crippen LogP contribution in [0.1, 0.15) is 19.4 Å². The molecule has 0 aromatic heterocycles. The predicted molar refractivity (Wildman–Crippen MR) is 124 cm³/mol. The van der Waals surface area contributed by atoms with Crippen LogP contribution in [0.2, 0.25) is 0 Å². The van der Waals surface area contributed by atoms with Gasteiger partial charge in [0.05, 0.1) is 17.6 Å². The Morgan fingerprint density at radius 1 is 1.29 bits per heavy atom. The SMILES string of the molecule is CN=C(NCc1ccc(S(C)(=O)=O)cc1)NCC1CN(CC(C)C)CCO1.I. The van der Waals surface area contributed by atoms with Crippen LogP contribution in [0.5, 0.6) is 0 Å². The average molecular weight is 524 g/mol. The molecule has 9 heteroatoms. The number of halogens is 1. The monoisotopic (exact) mass is 524 g/mol. The number of aliphatic imine (C=N–C) groups is 1. The van der Waals surface area contributed by atoms with Gasteiger partial charge in [-0.15, -0.1) is 24.0 Å². The second kappa shape index (κ2) is 11.9. The van der Waals surface area contributed by atoms with E-state index >= 15 is 0 Å². The Bertz CT molecular complexity index is 723. The molecule has 1 aromatic carbocycles. The highest BCUT2D eigenvalue weighted by atomic mass is 127. The van der Waals surface area contributed by atoms with Gasteiger partial charge < -0.3 is 15.4 Å². The first-order valence-corrected chi connectivity index (χ1v) is 11.2. The molecule has 0 amide bonds. The molecule has 1 fully saturated rings. The molecule has 1 saturated heterocycles. The lowest BCUT2D eigenvalue weighted by molar-refractivity contribution is -0.0284. The predicted octanol–water partition coefficient (Wildman–Crippen LogP) is 1.73. The van der Waals surface area contributed by atoms with E-state index in [0.717, 1.165) is 31.8 Å². The Morgan fingerprint density at radius 2 is 1.96 bits per heavy atom. The van der Waals surface area contributed by atoms with E-state index in [2.05, 4.69) is 34.4 Å². The minimum atomic E-state index is -3.16. The summed E-state index contributed by atoms with van der Waals surface area (Å²) in [5.74, 6) is 1.35. The largest absolute Gasteiger partial charge is 0.374 e. The van der Waals surface area contributed by atoms with Gasteiger partial charge in [-0.2, -0.15) is 0 Å². The zero-order chi connectivity index (χ0) is 19.9. The summed E-state index contributed by atoms with van der Waals surface area (Å²) in [5.41, 5.74) is 0.988. The van der Waals surface area contributed by atoms with Crippen LogP contribution >= 0.6 is 24.0 Å². The number of hydrogen-bond acceptors (Lipinski definition) is 5. The Kier molecular flexibility index (Phi) is 10.7. The Balaban J connectivity index is 0.00000392. The van der Waals surface area contributed by atoms with E-state index in [1.807, 2.05) is 12.1 Å². The van der Waals surface area contributed by atoms with Gasteiger partial charge in [-0.25, -0.2) is 8.42 Å². The van der Waals surface area contributed by atoms with Crippen molar-refractivity contribution in [3.63, 3.8) is 0 Å². The molecule has 28 heavy (non-hydrogen) atoms. The first-order valence-electron chi connectivity index (χ1n) is 9.35. The molecule has 1 aromatic rings. The van der Waals surface area contributed by atoms with Crippen LogP contribution < -0.4 is 10.6 Å². The van der Waals surface area contributed by atoms with Gasteiger partial charge in [0.2, 0.25) is 0 Å². The van der Waals surface area contributed by atoms with E-state index in [9.17, 15) is 8.42 Å². The van der Waals surface area contributed by atoms with Crippen molar-refractivity contribution in [3.05, 3.63) is 29.8 Å². The fourth-order valence-corrected chi connectivity index (χ4v) is 3.69. The van der Waals surface area contributed by atoms with Crippen molar-refractivity contribution in [2.75, 3.05) is 46.1 Å². The van der Waals surface area contributed by atoms with Gasteiger partial charge in [-0.3, -0.25) is 9.89 Å². The highest BCUT2D eigenvalue weighted by Crippen LogP contribution is 2.10. The van der Waals surface area contributed by atoms with Crippen LogP contribution in [-0.2, 0) is 21.1 Å². The molecular formula is C19H33IN4O3S. The number of benzene rings is 1. The highest BCUT2D eigenvalue weighted by molar-refractivity contribution is 14.0. The number of nitrogens with one attached hydrogen (secondary N) is 2. The molecule has 0 radical (unpaired) electrons. The van der Waals surface area contributed by atoms with E-state index in [1.165, 1.54) is 6.26 Å². The molecule has 7 nitrogen and oxygen atoms in total. The molecule has 1 heterocycles. The second-order valence-corrected chi connectivity index (χ2v) is 9.38. The van der Waals surface area contributed by atoms with Crippen molar-refractivity contribution in [3.8, 4) is 0 Å². The molecule has 2 rings (SSSR count). The fourth-order valence-electron chi connectivity index (χ4n) is 3.06. The molecule has 0 spiro atoms. The number of morpholine rings is 1. The average Bonchev–Trinajstić information content (AvgIpc) is 2.61. The molecule has 2 N–H and O–H groups in total. The maximum absolute atomic E-state index is 11.5. The minimum Gasteiger partial charge on any atom is -0.374 e. The number of rotatable bonds is 7. The number of hydrogen-bond donors (Lipinski definition) is 2. The molecule has 160 valence electrons. The number of guanidine groups is 1. The molecule has 1 atom stereocenters. The van der Waals surface area contributed by atoms with Gasteiger partial charge in [0, 0.05) is 46.0 Å². The van der Waals surface area contributed by atoms with Gasteiger partial charge in [0.1, 0.15) is 0 Å². The molecule has 0 saturated carbocycles. The lowest BCUT2D eigenvalue weighted by Gasteiger charge is -2.34. The maximum atomic E-state index is 11.5. The lowest BCUT2D eigenvalue weighted by Crippen LogP contribution is -2.50. The molecule has 0 bridgehead atoms. The van der Waals surface area contributed by atoms with E-state index in [-0.39, 0.29) is 30.1 Å². The summed E-state index contributed by atoms with van der Waals surface area (Å²) in [6.45, 7) is 9.50. The summed E-state index contributed by atoms with van der Waals surface area (Å²) in [6.07, 6.45) is 1.35. The van der Waals surface area contributed by atoms with Crippen molar-refractivity contribution >= 4 is 39.8 Å². The van der Waals surface area contributed by atoms with Gasteiger partial charge in [0.25, 0.3) is 0 Å². The second-order valence-electron chi connectivity index (χ2n) is 7.37.